The van der Waals surface area contributed by atoms with Crippen molar-refractivity contribution >= 4 is 0 Å². The minimum absolute atomic E-state index is 0.654. The molecule has 1 N–H and O–H groups in total. The molecule has 1 saturated carbocycles. The van der Waals surface area contributed by atoms with Crippen molar-refractivity contribution in [3.8, 4) is 5.75 Å². The fraction of sp³-hybridized carbons (Fsp3) is 0.684. The van der Waals surface area contributed by atoms with E-state index in [0.717, 1.165) is 17.7 Å². The van der Waals surface area contributed by atoms with Crippen molar-refractivity contribution in [3.63, 3.8) is 0 Å². The van der Waals surface area contributed by atoms with Crippen LogP contribution in [0.5, 0.6) is 5.75 Å². The van der Waals surface area contributed by atoms with Crippen LogP contribution in [0, 0.1) is 5.92 Å². The van der Waals surface area contributed by atoms with E-state index in [2.05, 4.69) is 30.4 Å². The monoisotopic (exact) mass is 287 g/mol. The zero-order valence-electron chi connectivity index (χ0n) is 13.5. The normalized spacial score (nSPS) is 29.0. The van der Waals surface area contributed by atoms with Gasteiger partial charge in [0.1, 0.15) is 5.75 Å². The third-order valence-corrected chi connectivity index (χ3v) is 5.53. The fourth-order valence-corrected chi connectivity index (χ4v) is 4.22. The lowest BCUT2D eigenvalue weighted by atomic mass is 9.81. The predicted molar refractivity (Wildman–Crippen MR) is 88.0 cm³/mol. The highest BCUT2D eigenvalue weighted by molar-refractivity contribution is 5.37. The molecule has 2 heteroatoms. The fourth-order valence-electron chi connectivity index (χ4n) is 4.22. The number of methoxy groups -OCH3 is 1. The summed E-state index contributed by atoms with van der Waals surface area (Å²) in [5.74, 6) is 1.89. The van der Waals surface area contributed by atoms with Gasteiger partial charge in [-0.25, -0.2) is 0 Å². The van der Waals surface area contributed by atoms with Gasteiger partial charge in [0.15, 0.2) is 0 Å². The van der Waals surface area contributed by atoms with Crippen LogP contribution in [-0.4, -0.2) is 19.2 Å². The summed E-state index contributed by atoms with van der Waals surface area (Å²) >= 11 is 0. The molecule has 1 aromatic rings. The first kappa shape index (κ1) is 14.9. The van der Waals surface area contributed by atoms with Gasteiger partial charge in [0.05, 0.1) is 7.11 Å². The van der Waals surface area contributed by atoms with Gasteiger partial charge in [0.25, 0.3) is 0 Å². The molecule has 1 aromatic carbocycles. The van der Waals surface area contributed by atoms with Gasteiger partial charge in [0, 0.05) is 12.1 Å². The highest BCUT2D eigenvalue weighted by Crippen LogP contribution is 2.30. The molecule has 0 heterocycles. The van der Waals surface area contributed by atoms with E-state index in [1.54, 1.807) is 7.11 Å². The van der Waals surface area contributed by atoms with Crippen LogP contribution in [-0.2, 0) is 12.8 Å². The Morgan fingerprint density at radius 1 is 1.14 bits per heavy atom. The molecule has 0 spiro atoms. The van der Waals surface area contributed by atoms with Gasteiger partial charge >= 0.3 is 0 Å². The molecule has 3 atom stereocenters. The molecule has 0 aromatic heterocycles. The number of aryl methyl sites for hydroxylation is 1. The van der Waals surface area contributed by atoms with E-state index in [0.29, 0.717) is 6.04 Å². The van der Waals surface area contributed by atoms with Crippen LogP contribution in [0.2, 0.25) is 0 Å². The highest BCUT2D eigenvalue weighted by Gasteiger charge is 2.27. The Morgan fingerprint density at radius 3 is 2.81 bits per heavy atom. The van der Waals surface area contributed by atoms with Gasteiger partial charge in [-0.05, 0) is 61.3 Å². The van der Waals surface area contributed by atoms with Gasteiger partial charge in [0.2, 0.25) is 0 Å². The topological polar surface area (TPSA) is 21.3 Å². The van der Waals surface area contributed by atoms with Gasteiger partial charge in [-0.3, -0.25) is 0 Å². The summed E-state index contributed by atoms with van der Waals surface area (Å²) in [6, 6.07) is 7.99. The van der Waals surface area contributed by atoms with Gasteiger partial charge < -0.3 is 10.1 Å². The molecule has 3 unspecified atom stereocenters. The summed E-state index contributed by atoms with van der Waals surface area (Å²) in [5.41, 5.74) is 3.01. The lowest BCUT2D eigenvalue weighted by molar-refractivity contribution is 0.229. The number of rotatable bonds is 4. The molecule has 0 amide bonds. The van der Waals surface area contributed by atoms with Crippen molar-refractivity contribution in [2.75, 3.05) is 7.11 Å². The maximum Gasteiger partial charge on any atom is 0.119 e. The van der Waals surface area contributed by atoms with Crippen molar-refractivity contribution < 1.29 is 4.74 Å². The molecule has 1 fully saturated rings. The molecule has 21 heavy (non-hydrogen) atoms. The van der Waals surface area contributed by atoms with Crippen LogP contribution in [0.15, 0.2) is 18.2 Å². The molecule has 116 valence electrons. The minimum Gasteiger partial charge on any atom is -0.497 e. The van der Waals surface area contributed by atoms with E-state index in [4.69, 9.17) is 4.74 Å². The Morgan fingerprint density at radius 2 is 2.00 bits per heavy atom. The average Bonchev–Trinajstić information content (AvgIpc) is 2.54. The van der Waals surface area contributed by atoms with Crippen LogP contribution in [0.4, 0.5) is 0 Å². The lowest BCUT2D eigenvalue weighted by Crippen LogP contribution is -2.46. The molecule has 3 rings (SSSR count). The zero-order chi connectivity index (χ0) is 14.7. The summed E-state index contributed by atoms with van der Waals surface area (Å²) in [4.78, 5) is 0. The molecular formula is C19H29NO. The molecule has 0 saturated heterocycles. The number of fused-ring (bicyclic) bond motifs is 1. The smallest absolute Gasteiger partial charge is 0.119 e. The first-order chi connectivity index (χ1) is 10.3. The Kier molecular flexibility index (Phi) is 4.84. The van der Waals surface area contributed by atoms with Crippen LogP contribution in [0.25, 0.3) is 0 Å². The van der Waals surface area contributed by atoms with Gasteiger partial charge in [-0.15, -0.1) is 0 Å². The number of hydrogen-bond donors (Lipinski definition) is 1. The third kappa shape index (κ3) is 3.42. The van der Waals surface area contributed by atoms with E-state index >= 15 is 0 Å². The van der Waals surface area contributed by atoms with E-state index in [-0.39, 0.29) is 0 Å². The molecule has 2 aliphatic carbocycles. The Balaban J connectivity index is 1.65. The zero-order valence-corrected chi connectivity index (χ0v) is 13.5. The highest BCUT2D eigenvalue weighted by atomic mass is 16.5. The molecule has 2 nitrogen and oxygen atoms in total. The average molecular weight is 287 g/mol. The van der Waals surface area contributed by atoms with Crippen molar-refractivity contribution in [1.82, 2.24) is 5.32 Å². The maximum atomic E-state index is 5.38. The van der Waals surface area contributed by atoms with Crippen LogP contribution in [0.1, 0.15) is 56.6 Å². The number of ether oxygens (including phenoxy) is 1. The summed E-state index contributed by atoms with van der Waals surface area (Å²) < 4.78 is 5.38. The predicted octanol–water partition coefficient (Wildman–Crippen LogP) is 4.11. The van der Waals surface area contributed by atoms with Gasteiger partial charge in [-0.2, -0.15) is 0 Å². The molecule has 2 aliphatic rings. The van der Waals surface area contributed by atoms with Crippen LogP contribution in [0.3, 0.4) is 0 Å². The molecule has 0 aliphatic heterocycles. The largest absolute Gasteiger partial charge is 0.497 e. The summed E-state index contributed by atoms with van der Waals surface area (Å²) in [6.45, 7) is 2.35. The Bertz CT molecular complexity index is 471. The Hall–Kier alpha value is -1.02. The van der Waals surface area contributed by atoms with Crippen molar-refractivity contribution in [3.05, 3.63) is 29.3 Å². The van der Waals surface area contributed by atoms with Crippen LogP contribution >= 0.6 is 0 Å². The SMILES string of the molecule is CCC1CCCCC1NC1CCc2ccc(OC)cc2C1. The second kappa shape index (κ2) is 6.83. The molecule has 0 radical (unpaired) electrons. The molecular weight excluding hydrogens is 258 g/mol. The maximum absolute atomic E-state index is 5.38. The number of benzene rings is 1. The molecule has 0 bridgehead atoms. The van der Waals surface area contributed by atoms with E-state index in [1.807, 2.05) is 0 Å². The third-order valence-electron chi connectivity index (χ3n) is 5.53. The standard InChI is InChI=1S/C19H29NO/c1-3-14-6-4-5-7-19(14)20-17-10-8-15-9-11-18(21-2)13-16(15)12-17/h9,11,13-14,17,19-20H,3-8,10,12H2,1-2H3. The van der Waals surface area contributed by atoms with E-state index < -0.39 is 0 Å². The summed E-state index contributed by atoms with van der Waals surface area (Å²) in [6.07, 6.45) is 10.6. The van der Waals surface area contributed by atoms with Crippen LogP contribution < -0.4 is 10.1 Å². The van der Waals surface area contributed by atoms with Gasteiger partial charge in [-0.1, -0.05) is 32.3 Å². The summed E-state index contributed by atoms with van der Waals surface area (Å²) in [5, 5.41) is 4.00. The first-order valence-electron chi connectivity index (χ1n) is 8.72. The first-order valence-corrected chi connectivity index (χ1v) is 8.72. The number of nitrogens with one attached hydrogen (secondary N) is 1. The van der Waals surface area contributed by atoms with Crippen molar-refractivity contribution in [2.24, 2.45) is 5.92 Å². The van der Waals surface area contributed by atoms with Crippen molar-refractivity contribution in [2.45, 2.75) is 70.4 Å². The lowest BCUT2D eigenvalue weighted by Gasteiger charge is -2.36. The van der Waals surface area contributed by atoms with E-state index in [9.17, 15) is 0 Å². The Labute approximate surface area is 129 Å². The minimum atomic E-state index is 0.654. The quantitative estimate of drug-likeness (QED) is 0.900. The summed E-state index contributed by atoms with van der Waals surface area (Å²) in [7, 11) is 1.76. The van der Waals surface area contributed by atoms with Crippen molar-refractivity contribution in [1.29, 1.82) is 0 Å². The second-order valence-electron chi connectivity index (χ2n) is 6.80. The second-order valence-corrected chi connectivity index (χ2v) is 6.80. The van der Waals surface area contributed by atoms with E-state index in [1.165, 1.54) is 62.5 Å². The number of hydrogen-bond acceptors (Lipinski definition) is 2.